The van der Waals surface area contributed by atoms with Gasteiger partial charge in [-0.1, -0.05) is 0 Å². The van der Waals surface area contributed by atoms with Crippen LogP contribution >= 0.6 is 0 Å². The van der Waals surface area contributed by atoms with Crippen LogP contribution in [0, 0.1) is 0 Å². The molecule has 10 heteroatoms. The van der Waals surface area contributed by atoms with E-state index in [2.05, 4.69) is 0 Å². The number of nitrogens with two attached hydrogens (primary N) is 1. The van der Waals surface area contributed by atoms with Gasteiger partial charge >= 0.3 is 0 Å². The van der Waals surface area contributed by atoms with Crippen molar-refractivity contribution in [2.24, 2.45) is 5.84 Å². The Bertz CT molecular complexity index is 611. The first-order chi connectivity index (χ1) is 12.0. The topological polar surface area (TPSA) is 178 Å². The van der Waals surface area contributed by atoms with Gasteiger partial charge in [0.15, 0.2) is 0 Å². The van der Waals surface area contributed by atoms with E-state index in [0.717, 1.165) is 0 Å². The zero-order valence-electron chi connectivity index (χ0n) is 14.4. The Morgan fingerprint density at radius 3 is 1.54 bits per heavy atom. The number of aliphatic hydroxyl groups is 1. The van der Waals surface area contributed by atoms with Crippen molar-refractivity contribution in [3.63, 3.8) is 0 Å². The van der Waals surface area contributed by atoms with Crippen molar-refractivity contribution in [3.8, 4) is 0 Å². The van der Waals surface area contributed by atoms with Gasteiger partial charge in [0.05, 0.1) is 38.2 Å². The van der Waals surface area contributed by atoms with Crippen LogP contribution in [0.25, 0.3) is 0 Å². The van der Waals surface area contributed by atoms with Gasteiger partial charge in [0.1, 0.15) is 34.7 Å². The van der Waals surface area contributed by atoms with Crippen LogP contribution < -0.4 is 11.3 Å². The van der Waals surface area contributed by atoms with E-state index in [9.17, 15) is 38.7 Å². The Morgan fingerprint density at radius 2 is 1.12 bits per heavy atom. The van der Waals surface area contributed by atoms with Gasteiger partial charge in [-0.3, -0.25) is 39.0 Å². The van der Waals surface area contributed by atoms with Crippen molar-refractivity contribution in [3.05, 3.63) is 0 Å². The molecular formula is C16H22N2O8. The predicted molar refractivity (Wildman–Crippen MR) is 86.4 cm³/mol. The van der Waals surface area contributed by atoms with Gasteiger partial charge < -0.3 is 5.11 Å². The first-order valence-electron chi connectivity index (χ1n) is 7.78. The lowest BCUT2D eigenvalue weighted by Gasteiger charge is -2.08. The quantitative estimate of drug-likeness (QED) is 0.142. The van der Waals surface area contributed by atoms with Gasteiger partial charge in [-0.2, -0.15) is 0 Å². The monoisotopic (exact) mass is 370 g/mol. The molecule has 0 bridgehead atoms. The first-order valence-corrected chi connectivity index (χ1v) is 7.78. The number of hydrogen-bond donors (Lipinski definition) is 3. The molecule has 1 atom stereocenters. The summed E-state index contributed by atoms with van der Waals surface area (Å²) < 4.78 is 0. The Morgan fingerprint density at radius 1 is 0.731 bits per heavy atom. The van der Waals surface area contributed by atoms with Crippen LogP contribution in [0.4, 0.5) is 0 Å². The van der Waals surface area contributed by atoms with E-state index < -0.39 is 79.5 Å². The van der Waals surface area contributed by atoms with Crippen LogP contribution in [0.1, 0.15) is 51.9 Å². The van der Waals surface area contributed by atoms with E-state index in [4.69, 9.17) is 5.84 Å². The molecule has 0 aliphatic rings. The number of rotatable bonds is 14. The zero-order chi connectivity index (χ0) is 20.3. The first kappa shape index (κ1) is 23.4. The standard InChI is InChI=1S/C16H22N2O8/c1-9(19)2-10(20)3-11(21)4-12(22)5-13(23)6-14(24)7-15(25)8-16(26)18-17/h12,22H,2-8,17H2,1H3,(H,18,26). The smallest absolute Gasteiger partial charge is 0.241 e. The fourth-order valence-corrected chi connectivity index (χ4v) is 2.10. The SMILES string of the molecule is CC(=O)CC(=O)CC(=O)CC(O)CC(=O)CC(=O)CC(=O)CC(=O)NN. The molecule has 0 saturated heterocycles. The number of Topliss-reactive ketones (excluding diaryl/α,β-unsaturated/α-hetero) is 6. The highest BCUT2D eigenvalue weighted by molar-refractivity contribution is 6.11. The lowest BCUT2D eigenvalue weighted by Crippen LogP contribution is -2.32. The summed E-state index contributed by atoms with van der Waals surface area (Å²) in [4.78, 5) is 79.1. The average Bonchev–Trinajstić information content (AvgIpc) is 2.44. The zero-order valence-corrected chi connectivity index (χ0v) is 14.4. The molecule has 1 amide bonds. The second-order valence-electron chi connectivity index (χ2n) is 5.91. The molecule has 4 N–H and O–H groups in total. The van der Waals surface area contributed by atoms with Gasteiger partial charge in [0, 0.05) is 12.8 Å². The molecule has 1 unspecified atom stereocenters. The summed E-state index contributed by atoms with van der Waals surface area (Å²) in [6, 6.07) is 0. The predicted octanol–water partition coefficient (Wildman–Crippen LogP) is -1.50. The third-order valence-electron chi connectivity index (χ3n) is 3.07. The molecule has 0 rings (SSSR count). The van der Waals surface area contributed by atoms with E-state index in [1.54, 1.807) is 5.43 Å². The third kappa shape index (κ3) is 11.9. The number of hydrogen-bond acceptors (Lipinski definition) is 9. The van der Waals surface area contributed by atoms with E-state index in [0.29, 0.717) is 0 Å². The van der Waals surface area contributed by atoms with E-state index in [1.807, 2.05) is 0 Å². The maximum Gasteiger partial charge on any atom is 0.241 e. The largest absolute Gasteiger partial charge is 0.392 e. The number of carbonyl (C=O) groups excluding carboxylic acids is 7. The number of nitrogens with one attached hydrogen (secondary N) is 1. The number of aliphatic hydroxyl groups excluding tert-OH is 1. The Kier molecular flexibility index (Phi) is 10.7. The second kappa shape index (κ2) is 11.9. The highest BCUT2D eigenvalue weighted by Gasteiger charge is 2.21. The van der Waals surface area contributed by atoms with E-state index >= 15 is 0 Å². The normalized spacial score (nSPS) is 11.3. The molecule has 0 aliphatic carbocycles. The van der Waals surface area contributed by atoms with Gasteiger partial charge in [0.2, 0.25) is 5.91 Å². The molecular weight excluding hydrogens is 348 g/mol. The summed E-state index contributed by atoms with van der Waals surface area (Å²) in [5, 5.41) is 9.67. The van der Waals surface area contributed by atoms with Gasteiger partial charge in [-0.25, -0.2) is 5.84 Å². The van der Waals surface area contributed by atoms with Crippen LogP contribution in [0.15, 0.2) is 0 Å². The van der Waals surface area contributed by atoms with Gasteiger partial charge in [-0.05, 0) is 6.92 Å². The molecule has 0 spiro atoms. The van der Waals surface area contributed by atoms with Crippen molar-refractivity contribution in [2.75, 3.05) is 0 Å². The molecule has 26 heavy (non-hydrogen) atoms. The van der Waals surface area contributed by atoms with Crippen molar-refractivity contribution < 1.29 is 38.7 Å². The summed E-state index contributed by atoms with van der Waals surface area (Å²) in [6.07, 6.45) is -5.02. The summed E-state index contributed by atoms with van der Waals surface area (Å²) in [5.41, 5.74) is 1.73. The van der Waals surface area contributed by atoms with Crippen molar-refractivity contribution in [1.29, 1.82) is 0 Å². The van der Waals surface area contributed by atoms with E-state index in [1.165, 1.54) is 6.92 Å². The van der Waals surface area contributed by atoms with Crippen LogP contribution in [0.5, 0.6) is 0 Å². The Hall–Kier alpha value is -2.59. The minimum absolute atomic E-state index is 0.370. The van der Waals surface area contributed by atoms with Crippen molar-refractivity contribution >= 4 is 40.6 Å². The Labute approximate surface area is 149 Å². The summed E-state index contributed by atoms with van der Waals surface area (Å²) in [7, 11) is 0. The molecule has 0 fully saturated rings. The van der Waals surface area contributed by atoms with Gasteiger partial charge in [0.25, 0.3) is 0 Å². The number of hydrazine groups is 1. The lowest BCUT2D eigenvalue weighted by molar-refractivity contribution is -0.133. The van der Waals surface area contributed by atoms with E-state index in [-0.39, 0.29) is 12.2 Å². The molecule has 0 radical (unpaired) electrons. The average molecular weight is 370 g/mol. The van der Waals surface area contributed by atoms with Crippen molar-refractivity contribution in [1.82, 2.24) is 5.43 Å². The maximum atomic E-state index is 11.7. The fourth-order valence-electron chi connectivity index (χ4n) is 2.10. The highest BCUT2D eigenvalue weighted by Crippen LogP contribution is 2.07. The molecule has 144 valence electrons. The molecule has 0 aromatic carbocycles. The summed E-state index contributed by atoms with van der Waals surface area (Å²) in [5.74, 6) is 0.358. The third-order valence-corrected chi connectivity index (χ3v) is 3.07. The van der Waals surface area contributed by atoms with Crippen molar-refractivity contribution in [2.45, 2.75) is 58.0 Å². The van der Waals surface area contributed by atoms with Crippen LogP contribution in [0.2, 0.25) is 0 Å². The summed E-state index contributed by atoms with van der Waals surface area (Å²) in [6.45, 7) is 1.21. The molecule has 0 aromatic rings. The highest BCUT2D eigenvalue weighted by atomic mass is 16.3. The molecule has 0 saturated carbocycles. The molecule has 10 nitrogen and oxygen atoms in total. The summed E-state index contributed by atoms with van der Waals surface area (Å²) >= 11 is 0. The lowest BCUT2D eigenvalue weighted by atomic mass is 9.99. The van der Waals surface area contributed by atoms with Crippen LogP contribution in [-0.2, 0) is 33.6 Å². The minimum Gasteiger partial charge on any atom is -0.392 e. The Balaban J connectivity index is 4.21. The molecule has 0 heterocycles. The molecule has 0 aliphatic heterocycles. The number of ketones is 6. The molecule has 0 aromatic heterocycles. The maximum absolute atomic E-state index is 11.7. The number of carbonyl (C=O) groups is 7. The fraction of sp³-hybridized carbons (Fsp3) is 0.562. The number of amides is 1. The van der Waals surface area contributed by atoms with Gasteiger partial charge in [-0.15, -0.1) is 0 Å². The second-order valence-corrected chi connectivity index (χ2v) is 5.91. The van der Waals surface area contributed by atoms with Crippen LogP contribution in [-0.4, -0.2) is 51.8 Å². The van der Waals surface area contributed by atoms with Crippen LogP contribution in [0.3, 0.4) is 0 Å². The minimum atomic E-state index is -1.37.